The monoisotopic (exact) mass is 424 g/mol. The molecule has 2 aromatic carbocycles. The predicted molar refractivity (Wildman–Crippen MR) is 121 cm³/mol. The van der Waals surface area contributed by atoms with Gasteiger partial charge in [0.05, 0.1) is 21.3 Å². The highest BCUT2D eigenvalue weighted by Gasteiger charge is 2.21. The van der Waals surface area contributed by atoms with Gasteiger partial charge in [0.2, 0.25) is 17.6 Å². The first-order valence-electron chi connectivity index (χ1n) is 10.2. The summed E-state index contributed by atoms with van der Waals surface area (Å²) in [6.45, 7) is 2.67. The molecule has 1 N–H and O–H groups in total. The lowest BCUT2D eigenvalue weighted by Crippen LogP contribution is -2.35. The van der Waals surface area contributed by atoms with Gasteiger partial charge in [-0.05, 0) is 61.2 Å². The van der Waals surface area contributed by atoms with E-state index in [1.54, 1.807) is 37.3 Å². The zero-order valence-electron chi connectivity index (χ0n) is 18.4. The summed E-state index contributed by atoms with van der Waals surface area (Å²) in [5.41, 5.74) is 3.21. The first-order valence-corrected chi connectivity index (χ1v) is 10.2. The molecular weight excluding hydrogens is 396 g/mol. The van der Waals surface area contributed by atoms with E-state index in [1.165, 1.54) is 13.2 Å². The van der Waals surface area contributed by atoms with Gasteiger partial charge >= 0.3 is 0 Å². The van der Waals surface area contributed by atoms with E-state index >= 15 is 0 Å². The summed E-state index contributed by atoms with van der Waals surface area (Å²) in [4.78, 5) is 26.6. The minimum atomic E-state index is -0.284. The van der Waals surface area contributed by atoms with Crippen LogP contribution in [0.4, 0.5) is 11.4 Å². The molecule has 31 heavy (non-hydrogen) atoms. The molecule has 2 aromatic rings. The third-order valence-electron chi connectivity index (χ3n) is 5.21. The fourth-order valence-corrected chi connectivity index (χ4v) is 3.59. The lowest BCUT2D eigenvalue weighted by molar-refractivity contribution is -0.119. The molecule has 3 rings (SSSR count). The van der Waals surface area contributed by atoms with Crippen LogP contribution in [0.2, 0.25) is 0 Å². The molecule has 1 aliphatic heterocycles. The third-order valence-corrected chi connectivity index (χ3v) is 5.21. The number of piperidine rings is 1. The third kappa shape index (κ3) is 5.17. The summed E-state index contributed by atoms with van der Waals surface area (Å²) >= 11 is 0. The summed E-state index contributed by atoms with van der Waals surface area (Å²) in [6.07, 6.45) is 5.58. The molecule has 164 valence electrons. The molecule has 0 spiro atoms. The molecule has 0 aliphatic carbocycles. The Morgan fingerprint density at radius 1 is 1.03 bits per heavy atom. The zero-order chi connectivity index (χ0) is 22.4. The first kappa shape index (κ1) is 22.2. The van der Waals surface area contributed by atoms with E-state index in [4.69, 9.17) is 14.2 Å². The molecule has 0 saturated carbocycles. The standard InChI is InChI=1S/C24H28N2O5/c1-16-8-10-18(15-19(16)26-12-6-5-7-23(26)28)25-22(27)11-9-17-13-20(29-2)24(31-4)21(14-17)30-3/h8-11,13-15H,5-7,12H2,1-4H3,(H,25,27)/b11-9+. The number of carbonyl (C=O) groups excluding carboxylic acids is 2. The van der Waals surface area contributed by atoms with Gasteiger partial charge in [0.1, 0.15) is 0 Å². The van der Waals surface area contributed by atoms with Gasteiger partial charge in [0, 0.05) is 30.4 Å². The summed E-state index contributed by atoms with van der Waals surface area (Å²) in [5, 5.41) is 2.86. The molecule has 7 heteroatoms. The zero-order valence-corrected chi connectivity index (χ0v) is 18.4. The molecule has 1 saturated heterocycles. The van der Waals surface area contributed by atoms with Crippen molar-refractivity contribution in [2.75, 3.05) is 38.1 Å². The molecule has 1 aliphatic rings. The number of benzene rings is 2. The largest absolute Gasteiger partial charge is 0.493 e. The summed E-state index contributed by atoms with van der Waals surface area (Å²) in [5.74, 6) is 1.35. The maximum absolute atomic E-state index is 12.5. The minimum Gasteiger partial charge on any atom is -0.493 e. The molecule has 0 bridgehead atoms. The molecule has 0 aromatic heterocycles. The van der Waals surface area contributed by atoms with Crippen LogP contribution in [-0.4, -0.2) is 39.7 Å². The van der Waals surface area contributed by atoms with Gasteiger partial charge in [0.15, 0.2) is 11.5 Å². The van der Waals surface area contributed by atoms with E-state index in [2.05, 4.69) is 5.32 Å². The van der Waals surface area contributed by atoms with E-state index in [1.807, 2.05) is 25.1 Å². The van der Waals surface area contributed by atoms with E-state index in [9.17, 15) is 9.59 Å². The smallest absolute Gasteiger partial charge is 0.248 e. The number of carbonyl (C=O) groups is 2. The van der Waals surface area contributed by atoms with Gasteiger partial charge in [-0.25, -0.2) is 0 Å². The molecule has 0 atom stereocenters. The normalized spacial score (nSPS) is 13.9. The van der Waals surface area contributed by atoms with Crippen LogP contribution in [0.3, 0.4) is 0 Å². The molecule has 1 fully saturated rings. The lowest BCUT2D eigenvalue weighted by Gasteiger charge is -2.28. The number of ether oxygens (including phenoxy) is 3. The van der Waals surface area contributed by atoms with E-state index in [0.29, 0.717) is 35.9 Å². The molecule has 0 radical (unpaired) electrons. The number of hydrogen-bond donors (Lipinski definition) is 1. The van der Waals surface area contributed by atoms with Crippen LogP contribution in [0.25, 0.3) is 6.08 Å². The number of nitrogens with one attached hydrogen (secondary N) is 1. The minimum absolute atomic E-state index is 0.125. The second-order valence-corrected chi connectivity index (χ2v) is 7.29. The Labute approximate surface area is 182 Å². The highest BCUT2D eigenvalue weighted by Crippen LogP contribution is 2.38. The van der Waals surface area contributed by atoms with Crippen molar-refractivity contribution in [3.8, 4) is 17.2 Å². The fraction of sp³-hybridized carbons (Fsp3) is 0.333. The quantitative estimate of drug-likeness (QED) is 0.675. The maximum Gasteiger partial charge on any atom is 0.248 e. The van der Waals surface area contributed by atoms with Crippen LogP contribution < -0.4 is 24.4 Å². The van der Waals surface area contributed by atoms with Crippen LogP contribution in [0.1, 0.15) is 30.4 Å². The Morgan fingerprint density at radius 2 is 1.74 bits per heavy atom. The van der Waals surface area contributed by atoms with Crippen molar-refractivity contribution in [3.05, 3.63) is 47.5 Å². The van der Waals surface area contributed by atoms with Crippen molar-refractivity contribution in [2.24, 2.45) is 0 Å². The Kier molecular flexibility index (Phi) is 7.18. The van der Waals surface area contributed by atoms with Crippen molar-refractivity contribution in [2.45, 2.75) is 26.2 Å². The molecule has 2 amide bonds. The number of anilines is 2. The van der Waals surface area contributed by atoms with E-state index < -0.39 is 0 Å². The average molecular weight is 424 g/mol. The van der Waals surface area contributed by atoms with Crippen molar-refractivity contribution in [1.29, 1.82) is 0 Å². The number of methoxy groups -OCH3 is 3. The number of aryl methyl sites for hydroxylation is 1. The Balaban J connectivity index is 1.76. The number of hydrogen-bond acceptors (Lipinski definition) is 5. The Morgan fingerprint density at radius 3 is 2.35 bits per heavy atom. The Hall–Kier alpha value is -3.48. The highest BCUT2D eigenvalue weighted by atomic mass is 16.5. The van der Waals surface area contributed by atoms with Crippen LogP contribution >= 0.6 is 0 Å². The van der Waals surface area contributed by atoms with Crippen molar-refractivity contribution < 1.29 is 23.8 Å². The van der Waals surface area contributed by atoms with Gasteiger partial charge in [-0.1, -0.05) is 6.07 Å². The Bertz CT molecular complexity index is 974. The van der Waals surface area contributed by atoms with Crippen molar-refractivity contribution in [1.82, 2.24) is 0 Å². The SMILES string of the molecule is COc1cc(/C=C/C(=O)Nc2ccc(C)c(N3CCCCC3=O)c2)cc(OC)c1OC. The van der Waals surface area contributed by atoms with Crippen LogP contribution in [0.5, 0.6) is 17.2 Å². The summed E-state index contributed by atoms with van der Waals surface area (Å²) in [6, 6.07) is 9.12. The van der Waals surface area contributed by atoms with Gasteiger partial charge in [-0.3, -0.25) is 9.59 Å². The topological polar surface area (TPSA) is 77.1 Å². The highest BCUT2D eigenvalue weighted by molar-refractivity contribution is 6.03. The second kappa shape index (κ2) is 10.0. The van der Waals surface area contributed by atoms with Crippen LogP contribution in [0.15, 0.2) is 36.4 Å². The van der Waals surface area contributed by atoms with Gasteiger partial charge in [-0.2, -0.15) is 0 Å². The fourth-order valence-electron chi connectivity index (χ4n) is 3.59. The molecule has 7 nitrogen and oxygen atoms in total. The summed E-state index contributed by atoms with van der Waals surface area (Å²) in [7, 11) is 4.62. The van der Waals surface area contributed by atoms with E-state index in [-0.39, 0.29) is 11.8 Å². The molecule has 0 unspecified atom stereocenters. The van der Waals surface area contributed by atoms with Gasteiger partial charge < -0.3 is 24.4 Å². The number of nitrogens with zero attached hydrogens (tertiary/aromatic N) is 1. The van der Waals surface area contributed by atoms with Crippen molar-refractivity contribution in [3.63, 3.8) is 0 Å². The van der Waals surface area contributed by atoms with Gasteiger partial charge in [0.25, 0.3) is 0 Å². The molecule has 1 heterocycles. The predicted octanol–water partition coefficient (Wildman–Crippen LogP) is 4.19. The first-order chi connectivity index (χ1) is 15.0. The number of rotatable bonds is 7. The molecular formula is C24H28N2O5. The second-order valence-electron chi connectivity index (χ2n) is 7.29. The van der Waals surface area contributed by atoms with E-state index in [0.717, 1.165) is 29.7 Å². The number of amides is 2. The van der Waals surface area contributed by atoms with Crippen LogP contribution in [0, 0.1) is 6.92 Å². The summed E-state index contributed by atoms with van der Waals surface area (Å²) < 4.78 is 16.0. The van der Waals surface area contributed by atoms with Crippen molar-refractivity contribution >= 4 is 29.3 Å². The average Bonchev–Trinajstić information content (AvgIpc) is 2.78. The lowest BCUT2D eigenvalue weighted by atomic mass is 10.1. The van der Waals surface area contributed by atoms with Crippen LogP contribution in [-0.2, 0) is 9.59 Å². The van der Waals surface area contributed by atoms with Gasteiger partial charge in [-0.15, -0.1) is 0 Å². The maximum atomic E-state index is 12.5.